The lowest BCUT2D eigenvalue weighted by Gasteiger charge is -2.39. The van der Waals surface area contributed by atoms with Gasteiger partial charge in [0.1, 0.15) is 0 Å². The summed E-state index contributed by atoms with van der Waals surface area (Å²) in [7, 11) is 0. The molecular formula is C18H24N2S. The molecule has 1 N–H and O–H groups in total. The van der Waals surface area contributed by atoms with E-state index in [0.717, 1.165) is 26.1 Å². The molecule has 1 saturated heterocycles. The summed E-state index contributed by atoms with van der Waals surface area (Å²) in [5.41, 5.74) is 4.36. The first-order valence-electron chi connectivity index (χ1n) is 7.75. The number of nitrogens with one attached hydrogen (secondary N) is 1. The smallest absolute Gasteiger partial charge is 0.0248 e. The van der Waals surface area contributed by atoms with E-state index in [1.807, 2.05) is 11.3 Å². The lowest BCUT2D eigenvalue weighted by Crippen LogP contribution is -2.55. The number of hydrogen-bond acceptors (Lipinski definition) is 3. The van der Waals surface area contributed by atoms with E-state index in [2.05, 4.69) is 65.2 Å². The van der Waals surface area contributed by atoms with Crippen molar-refractivity contribution < 1.29 is 0 Å². The molecule has 3 heteroatoms. The van der Waals surface area contributed by atoms with E-state index in [0.29, 0.717) is 12.1 Å². The van der Waals surface area contributed by atoms with Crippen LogP contribution in [0.2, 0.25) is 0 Å². The molecule has 1 aliphatic rings. The van der Waals surface area contributed by atoms with E-state index in [-0.39, 0.29) is 0 Å². The molecule has 112 valence electrons. The predicted molar refractivity (Wildman–Crippen MR) is 90.9 cm³/mol. The van der Waals surface area contributed by atoms with Crippen LogP contribution in [-0.4, -0.2) is 30.1 Å². The SMILES string of the molecule is Cc1cscc1CN1CC(Cc2ccccc2)NCC1C. The number of rotatable bonds is 4. The summed E-state index contributed by atoms with van der Waals surface area (Å²) in [4.78, 5) is 2.62. The van der Waals surface area contributed by atoms with E-state index < -0.39 is 0 Å². The van der Waals surface area contributed by atoms with Gasteiger partial charge in [-0.3, -0.25) is 4.90 Å². The van der Waals surface area contributed by atoms with Gasteiger partial charge in [0.05, 0.1) is 0 Å². The van der Waals surface area contributed by atoms with Crippen LogP contribution in [0.25, 0.3) is 0 Å². The first-order valence-corrected chi connectivity index (χ1v) is 8.69. The van der Waals surface area contributed by atoms with Crippen molar-refractivity contribution in [2.75, 3.05) is 13.1 Å². The van der Waals surface area contributed by atoms with Gasteiger partial charge in [0.15, 0.2) is 0 Å². The van der Waals surface area contributed by atoms with Crippen LogP contribution in [0.15, 0.2) is 41.1 Å². The third kappa shape index (κ3) is 3.73. The van der Waals surface area contributed by atoms with Crippen LogP contribution in [-0.2, 0) is 13.0 Å². The van der Waals surface area contributed by atoms with Crippen LogP contribution in [0, 0.1) is 6.92 Å². The lowest BCUT2D eigenvalue weighted by atomic mass is 10.0. The Hall–Kier alpha value is -1.16. The topological polar surface area (TPSA) is 15.3 Å². The highest BCUT2D eigenvalue weighted by Gasteiger charge is 2.25. The first kappa shape index (κ1) is 14.8. The monoisotopic (exact) mass is 300 g/mol. The van der Waals surface area contributed by atoms with Gasteiger partial charge in [-0.05, 0) is 47.7 Å². The molecule has 0 aliphatic carbocycles. The Balaban J connectivity index is 1.63. The Morgan fingerprint density at radius 3 is 2.76 bits per heavy atom. The number of aryl methyl sites for hydroxylation is 1. The van der Waals surface area contributed by atoms with Crippen molar-refractivity contribution in [3.8, 4) is 0 Å². The molecule has 0 radical (unpaired) electrons. The minimum Gasteiger partial charge on any atom is -0.311 e. The Morgan fingerprint density at radius 2 is 2.05 bits per heavy atom. The maximum Gasteiger partial charge on any atom is 0.0248 e. The number of benzene rings is 1. The Labute approximate surface area is 131 Å². The highest BCUT2D eigenvalue weighted by atomic mass is 32.1. The molecule has 0 bridgehead atoms. The van der Waals surface area contributed by atoms with Crippen molar-refractivity contribution in [3.05, 3.63) is 57.8 Å². The van der Waals surface area contributed by atoms with Gasteiger partial charge < -0.3 is 5.32 Å². The number of piperazine rings is 1. The fourth-order valence-electron chi connectivity index (χ4n) is 3.02. The van der Waals surface area contributed by atoms with Crippen LogP contribution in [0.4, 0.5) is 0 Å². The largest absolute Gasteiger partial charge is 0.311 e. The molecular weight excluding hydrogens is 276 g/mol. The zero-order valence-electron chi connectivity index (χ0n) is 12.9. The summed E-state index contributed by atoms with van der Waals surface area (Å²) >= 11 is 1.82. The molecule has 2 atom stereocenters. The summed E-state index contributed by atoms with van der Waals surface area (Å²) in [5, 5.41) is 8.26. The number of thiophene rings is 1. The van der Waals surface area contributed by atoms with Gasteiger partial charge in [-0.15, -0.1) is 0 Å². The summed E-state index contributed by atoms with van der Waals surface area (Å²) in [5.74, 6) is 0. The standard InChI is InChI=1S/C18H24N2S/c1-14-12-21-13-17(14)10-20-11-18(19-9-15(20)2)8-16-6-4-3-5-7-16/h3-7,12-13,15,18-19H,8-11H2,1-2H3. The molecule has 1 aliphatic heterocycles. The minimum atomic E-state index is 0.558. The van der Waals surface area contributed by atoms with Gasteiger partial charge in [-0.25, -0.2) is 0 Å². The van der Waals surface area contributed by atoms with Gasteiger partial charge >= 0.3 is 0 Å². The average molecular weight is 300 g/mol. The van der Waals surface area contributed by atoms with E-state index in [9.17, 15) is 0 Å². The molecule has 1 aromatic carbocycles. The normalized spacial score (nSPS) is 23.3. The molecule has 0 amide bonds. The van der Waals surface area contributed by atoms with E-state index in [1.54, 1.807) is 0 Å². The van der Waals surface area contributed by atoms with E-state index >= 15 is 0 Å². The average Bonchev–Trinajstić information content (AvgIpc) is 2.89. The second kappa shape index (κ2) is 6.73. The van der Waals surface area contributed by atoms with E-state index in [4.69, 9.17) is 0 Å². The van der Waals surface area contributed by atoms with Crippen LogP contribution in [0.5, 0.6) is 0 Å². The van der Waals surface area contributed by atoms with Crippen molar-refractivity contribution in [3.63, 3.8) is 0 Å². The fourth-order valence-corrected chi connectivity index (χ4v) is 3.87. The predicted octanol–water partition coefficient (Wildman–Crippen LogP) is 3.46. The van der Waals surface area contributed by atoms with Crippen LogP contribution < -0.4 is 5.32 Å². The molecule has 2 heterocycles. The molecule has 2 aromatic rings. The maximum absolute atomic E-state index is 3.70. The summed E-state index contributed by atoms with van der Waals surface area (Å²) < 4.78 is 0. The third-order valence-corrected chi connectivity index (χ3v) is 5.35. The summed E-state index contributed by atoms with van der Waals surface area (Å²) in [6.07, 6.45) is 1.12. The lowest BCUT2D eigenvalue weighted by molar-refractivity contribution is 0.133. The fraction of sp³-hybridized carbons (Fsp3) is 0.444. The van der Waals surface area contributed by atoms with Crippen molar-refractivity contribution in [1.29, 1.82) is 0 Å². The van der Waals surface area contributed by atoms with Crippen molar-refractivity contribution in [2.24, 2.45) is 0 Å². The van der Waals surface area contributed by atoms with Gasteiger partial charge in [0.2, 0.25) is 0 Å². The zero-order chi connectivity index (χ0) is 14.7. The molecule has 1 fully saturated rings. The second-order valence-corrected chi connectivity index (χ2v) is 6.90. The van der Waals surface area contributed by atoms with Gasteiger partial charge in [0, 0.05) is 31.7 Å². The van der Waals surface area contributed by atoms with Gasteiger partial charge in [-0.1, -0.05) is 30.3 Å². The number of nitrogens with zero attached hydrogens (tertiary/aromatic N) is 1. The van der Waals surface area contributed by atoms with Crippen LogP contribution in [0.1, 0.15) is 23.6 Å². The summed E-state index contributed by atoms with van der Waals surface area (Å²) in [6, 6.07) is 12.0. The Bertz CT molecular complexity index is 564. The Morgan fingerprint density at radius 1 is 1.24 bits per heavy atom. The van der Waals surface area contributed by atoms with E-state index in [1.165, 1.54) is 16.7 Å². The molecule has 2 unspecified atom stereocenters. The maximum atomic E-state index is 3.70. The van der Waals surface area contributed by atoms with Crippen LogP contribution in [0.3, 0.4) is 0 Å². The van der Waals surface area contributed by atoms with Crippen LogP contribution >= 0.6 is 11.3 Å². The number of hydrogen-bond donors (Lipinski definition) is 1. The van der Waals surface area contributed by atoms with Crippen molar-refractivity contribution in [1.82, 2.24) is 10.2 Å². The molecule has 2 nitrogen and oxygen atoms in total. The molecule has 0 saturated carbocycles. The highest BCUT2D eigenvalue weighted by Crippen LogP contribution is 2.19. The summed E-state index contributed by atoms with van der Waals surface area (Å²) in [6.45, 7) is 7.85. The Kier molecular flexibility index (Phi) is 4.73. The van der Waals surface area contributed by atoms with Crippen molar-refractivity contribution in [2.45, 2.75) is 38.9 Å². The van der Waals surface area contributed by atoms with Gasteiger partial charge in [-0.2, -0.15) is 11.3 Å². The molecule has 1 aromatic heterocycles. The zero-order valence-corrected chi connectivity index (χ0v) is 13.7. The molecule has 0 spiro atoms. The van der Waals surface area contributed by atoms with Gasteiger partial charge in [0.25, 0.3) is 0 Å². The third-order valence-electron chi connectivity index (χ3n) is 4.44. The minimum absolute atomic E-state index is 0.558. The molecule has 3 rings (SSSR count). The second-order valence-electron chi connectivity index (χ2n) is 6.15. The highest BCUT2D eigenvalue weighted by molar-refractivity contribution is 7.08. The molecule has 21 heavy (non-hydrogen) atoms. The quantitative estimate of drug-likeness (QED) is 0.930. The first-order chi connectivity index (χ1) is 10.2. The van der Waals surface area contributed by atoms with Crippen molar-refractivity contribution >= 4 is 11.3 Å².